The standard InChI is InChI=1S/C13H13BrClNS/c1-9-4-5-17-13(9)8-16-7-10-2-3-12(15)11(14)6-10/h2-6,16H,7-8H2,1H3. The van der Waals surface area contributed by atoms with E-state index in [0.717, 1.165) is 22.6 Å². The van der Waals surface area contributed by atoms with Crippen molar-refractivity contribution in [2.45, 2.75) is 20.0 Å². The first-order valence-corrected chi connectivity index (χ1v) is 7.39. The van der Waals surface area contributed by atoms with Gasteiger partial charge in [-0.15, -0.1) is 11.3 Å². The molecule has 1 aromatic heterocycles. The van der Waals surface area contributed by atoms with Crippen LogP contribution in [0.1, 0.15) is 16.0 Å². The molecule has 0 unspecified atom stereocenters. The molecule has 2 aromatic rings. The second-order valence-corrected chi connectivity index (χ2v) is 6.14. The summed E-state index contributed by atoms with van der Waals surface area (Å²) in [5.41, 5.74) is 2.59. The van der Waals surface area contributed by atoms with Crippen molar-refractivity contribution in [2.24, 2.45) is 0 Å². The fourth-order valence-electron chi connectivity index (χ4n) is 1.56. The van der Waals surface area contributed by atoms with Crippen molar-refractivity contribution in [1.82, 2.24) is 5.32 Å². The third-order valence-corrected chi connectivity index (χ3v) is 4.80. The van der Waals surface area contributed by atoms with E-state index in [1.54, 1.807) is 11.3 Å². The number of hydrogen-bond acceptors (Lipinski definition) is 2. The van der Waals surface area contributed by atoms with Crippen LogP contribution in [0.2, 0.25) is 5.02 Å². The van der Waals surface area contributed by atoms with Crippen LogP contribution in [0.25, 0.3) is 0 Å². The summed E-state index contributed by atoms with van der Waals surface area (Å²) >= 11 is 11.2. The molecule has 4 heteroatoms. The van der Waals surface area contributed by atoms with Crippen LogP contribution in [0.4, 0.5) is 0 Å². The van der Waals surface area contributed by atoms with E-state index in [9.17, 15) is 0 Å². The molecule has 0 bridgehead atoms. The number of thiophene rings is 1. The molecule has 0 saturated carbocycles. The average molecular weight is 331 g/mol. The zero-order chi connectivity index (χ0) is 12.3. The van der Waals surface area contributed by atoms with Crippen LogP contribution >= 0.6 is 38.9 Å². The van der Waals surface area contributed by atoms with Crippen molar-refractivity contribution in [2.75, 3.05) is 0 Å². The van der Waals surface area contributed by atoms with Gasteiger partial charge in [0, 0.05) is 22.4 Å². The molecule has 0 aliphatic heterocycles. The Hall–Kier alpha value is -0.350. The van der Waals surface area contributed by atoms with Crippen LogP contribution in [0, 0.1) is 6.92 Å². The van der Waals surface area contributed by atoms with E-state index in [2.05, 4.69) is 45.7 Å². The molecule has 17 heavy (non-hydrogen) atoms. The first-order chi connectivity index (χ1) is 8.16. The lowest BCUT2D eigenvalue weighted by molar-refractivity contribution is 0.698. The van der Waals surface area contributed by atoms with Crippen LogP contribution in [-0.4, -0.2) is 0 Å². The number of hydrogen-bond donors (Lipinski definition) is 1. The van der Waals surface area contributed by atoms with Gasteiger partial charge in [-0.25, -0.2) is 0 Å². The van der Waals surface area contributed by atoms with Crippen LogP contribution < -0.4 is 5.32 Å². The topological polar surface area (TPSA) is 12.0 Å². The average Bonchev–Trinajstić information content (AvgIpc) is 2.70. The molecule has 0 aliphatic rings. The first-order valence-electron chi connectivity index (χ1n) is 5.34. The molecule has 0 saturated heterocycles. The Bertz CT molecular complexity index is 510. The van der Waals surface area contributed by atoms with Crippen molar-refractivity contribution < 1.29 is 0 Å². The normalized spacial score (nSPS) is 10.8. The molecule has 0 aliphatic carbocycles. The monoisotopic (exact) mass is 329 g/mol. The predicted octanol–water partition coefficient (Wildman–Crippen LogP) is 4.76. The predicted molar refractivity (Wildman–Crippen MR) is 78.8 cm³/mol. The maximum atomic E-state index is 5.95. The van der Waals surface area contributed by atoms with Crippen LogP contribution in [0.5, 0.6) is 0 Å². The molecule has 0 atom stereocenters. The Morgan fingerprint density at radius 1 is 1.29 bits per heavy atom. The number of aryl methyl sites for hydroxylation is 1. The van der Waals surface area contributed by atoms with Gasteiger partial charge in [0.05, 0.1) is 5.02 Å². The molecule has 0 radical (unpaired) electrons. The van der Waals surface area contributed by atoms with Crippen molar-refractivity contribution >= 4 is 38.9 Å². The van der Waals surface area contributed by atoms with E-state index in [0.29, 0.717) is 0 Å². The van der Waals surface area contributed by atoms with Gasteiger partial charge in [-0.1, -0.05) is 17.7 Å². The number of nitrogens with one attached hydrogen (secondary N) is 1. The second-order valence-electron chi connectivity index (χ2n) is 3.88. The summed E-state index contributed by atoms with van der Waals surface area (Å²) in [5, 5.41) is 6.32. The van der Waals surface area contributed by atoms with Gasteiger partial charge >= 0.3 is 0 Å². The van der Waals surface area contributed by atoms with Gasteiger partial charge in [-0.3, -0.25) is 0 Å². The quantitative estimate of drug-likeness (QED) is 0.852. The number of rotatable bonds is 4. The molecule has 90 valence electrons. The zero-order valence-electron chi connectivity index (χ0n) is 9.47. The number of benzene rings is 1. The van der Waals surface area contributed by atoms with E-state index in [1.165, 1.54) is 16.0 Å². The molecule has 1 aromatic carbocycles. The van der Waals surface area contributed by atoms with Gasteiger partial charge in [0.1, 0.15) is 0 Å². The zero-order valence-corrected chi connectivity index (χ0v) is 12.6. The minimum atomic E-state index is 0.753. The Morgan fingerprint density at radius 3 is 2.76 bits per heavy atom. The molecule has 1 heterocycles. The lowest BCUT2D eigenvalue weighted by Crippen LogP contribution is -2.12. The summed E-state index contributed by atoms with van der Waals surface area (Å²) in [4.78, 5) is 1.40. The SMILES string of the molecule is Cc1ccsc1CNCc1ccc(Cl)c(Br)c1. The van der Waals surface area contributed by atoms with Gasteiger partial charge in [0.2, 0.25) is 0 Å². The summed E-state index contributed by atoms with van der Waals surface area (Å²) in [6, 6.07) is 8.16. The largest absolute Gasteiger partial charge is 0.308 e. The highest BCUT2D eigenvalue weighted by atomic mass is 79.9. The molecular formula is C13H13BrClNS. The van der Waals surface area contributed by atoms with Gasteiger partial charge in [0.15, 0.2) is 0 Å². The van der Waals surface area contributed by atoms with Crippen molar-refractivity contribution in [3.63, 3.8) is 0 Å². The fourth-order valence-corrected chi connectivity index (χ4v) is 2.97. The van der Waals surface area contributed by atoms with Gasteiger partial charge in [-0.2, -0.15) is 0 Å². The minimum Gasteiger partial charge on any atom is -0.308 e. The smallest absolute Gasteiger partial charge is 0.0548 e. The Balaban J connectivity index is 1.90. The summed E-state index contributed by atoms with van der Waals surface area (Å²) in [6.45, 7) is 3.92. The molecule has 2 rings (SSSR count). The highest BCUT2D eigenvalue weighted by molar-refractivity contribution is 9.10. The van der Waals surface area contributed by atoms with E-state index in [4.69, 9.17) is 11.6 Å². The van der Waals surface area contributed by atoms with Crippen LogP contribution in [-0.2, 0) is 13.1 Å². The molecule has 0 spiro atoms. The maximum Gasteiger partial charge on any atom is 0.0548 e. The van der Waals surface area contributed by atoms with Crippen molar-refractivity contribution in [3.8, 4) is 0 Å². The lowest BCUT2D eigenvalue weighted by atomic mass is 10.2. The fraction of sp³-hybridized carbons (Fsp3) is 0.231. The summed E-state index contributed by atoms with van der Waals surface area (Å²) < 4.78 is 0.950. The first kappa shape index (κ1) is 13.1. The lowest BCUT2D eigenvalue weighted by Gasteiger charge is -2.05. The Kier molecular flexibility index (Phi) is 4.62. The highest BCUT2D eigenvalue weighted by Gasteiger charge is 2.01. The second kappa shape index (κ2) is 6.01. The molecule has 1 N–H and O–H groups in total. The summed E-state index contributed by atoms with van der Waals surface area (Å²) in [5.74, 6) is 0. The molecule has 0 fully saturated rings. The third kappa shape index (κ3) is 3.55. The number of halogens is 2. The van der Waals surface area contributed by atoms with E-state index in [-0.39, 0.29) is 0 Å². The van der Waals surface area contributed by atoms with Gasteiger partial charge in [0.25, 0.3) is 0 Å². The third-order valence-electron chi connectivity index (χ3n) is 2.57. The molecule has 1 nitrogen and oxygen atoms in total. The molecular weight excluding hydrogens is 318 g/mol. The summed E-state index contributed by atoms with van der Waals surface area (Å²) in [6.07, 6.45) is 0. The van der Waals surface area contributed by atoms with Crippen LogP contribution in [0.15, 0.2) is 34.1 Å². The van der Waals surface area contributed by atoms with Crippen LogP contribution in [0.3, 0.4) is 0 Å². The van der Waals surface area contributed by atoms with Crippen molar-refractivity contribution in [3.05, 3.63) is 55.1 Å². The Labute approximate surface area is 119 Å². The van der Waals surface area contributed by atoms with E-state index in [1.807, 2.05) is 12.1 Å². The molecule has 0 amide bonds. The summed E-state index contributed by atoms with van der Waals surface area (Å²) in [7, 11) is 0. The highest BCUT2D eigenvalue weighted by Crippen LogP contribution is 2.23. The van der Waals surface area contributed by atoms with Crippen molar-refractivity contribution in [1.29, 1.82) is 0 Å². The van der Waals surface area contributed by atoms with Gasteiger partial charge < -0.3 is 5.32 Å². The maximum absolute atomic E-state index is 5.95. The Morgan fingerprint density at radius 2 is 2.12 bits per heavy atom. The van der Waals surface area contributed by atoms with E-state index >= 15 is 0 Å². The van der Waals surface area contributed by atoms with Gasteiger partial charge in [-0.05, 0) is 57.6 Å². The minimum absolute atomic E-state index is 0.753. The van der Waals surface area contributed by atoms with E-state index < -0.39 is 0 Å².